The van der Waals surface area contributed by atoms with Gasteiger partial charge in [0, 0.05) is 31.0 Å². The van der Waals surface area contributed by atoms with Gasteiger partial charge in [-0.1, -0.05) is 24.3 Å². The van der Waals surface area contributed by atoms with Gasteiger partial charge in [0.2, 0.25) is 0 Å². The van der Waals surface area contributed by atoms with Crippen molar-refractivity contribution >= 4 is 28.7 Å². The number of benzene rings is 2. The van der Waals surface area contributed by atoms with Crippen molar-refractivity contribution in [3.05, 3.63) is 59.7 Å². The molecule has 0 radical (unpaired) electrons. The number of hydrogen-bond donors (Lipinski definition) is 2. The molecule has 0 aliphatic carbocycles. The number of rotatable bonds is 4. The van der Waals surface area contributed by atoms with Gasteiger partial charge in [0.15, 0.2) is 5.11 Å². The van der Waals surface area contributed by atoms with Gasteiger partial charge in [-0.25, -0.2) is 0 Å². The zero-order valence-electron chi connectivity index (χ0n) is 13.9. The van der Waals surface area contributed by atoms with Crippen LogP contribution in [-0.4, -0.2) is 31.4 Å². The molecule has 0 aromatic heterocycles. The molecule has 0 amide bonds. The molecule has 0 atom stereocenters. The van der Waals surface area contributed by atoms with E-state index in [0.29, 0.717) is 11.7 Å². The second kappa shape index (κ2) is 8.13. The van der Waals surface area contributed by atoms with E-state index in [2.05, 4.69) is 58.9 Å². The third kappa shape index (κ3) is 4.69. The summed E-state index contributed by atoms with van der Waals surface area (Å²) >= 11 is 5.36. The number of anilines is 2. The van der Waals surface area contributed by atoms with Crippen molar-refractivity contribution in [2.75, 3.05) is 36.5 Å². The van der Waals surface area contributed by atoms with Crippen LogP contribution in [0.2, 0.25) is 0 Å². The SMILES string of the molecule is Cc1cccc(NC(=S)NCc2ccc(N3CCOCC3)cc2)c1. The van der Waals surface area contributed by atoms with Gasteiger partial charge in [0.25, 0.3) is 0 Å². The van der Waals surface area contributed by atoms with E-state index in [9.17, 15) is 0 Å². The molecule has 0 bridgehead atoms. The Morgan fingerprint density at radius 2 is 1.88 bits per heavy atom. The molecule has 126 valence electrons. The fourth-order valence-electron chi connectivity index (χ4n) is 2.73. The van der Waals surface area contributed by atoms with E-state index in [1.165, 1.54) is 16.8 Å². The second-order valence-corrected chi connectivity index (χ2v) is 6.35. The Kier molecular flexibility index (Phi) is 5.67. The lowest BCUT2D eigenvalue weighted by Crippen LogP contribution is -2.36. The molecule has 1 aliphatic rings. The molecule has 4 nitrogen and oxygen atoms in total. The summed E-state index contributed by atoms with van der Waals surface area (Å²) in [6.07, 6.45) is 0. The Morgan fingerprint density at radius 1 is 1.12 bits per heavy atom. The van der Waals surface area contributed by atoms with Crippen LogP contribution >= 0.6 is 12.2 Å². The van der Waals surface area contributed by atoms with Gasteiger partial charge in [-0.2, -0.15) is 0 Å². The third-order valence-electron chi connectivity index (χ3n) is 4.04. The van der Waals surface area contributed by atoms with Crippen LogP contribution in [-0.2, 0) is 11.3 Å². The van der Waals surface area contributed by atoms with E-state index in [0.717, 1.165) is 32.0 Å². The minimum Gasteiger partial charge on any atom is -0.378 e. The molecule has 0 spiro atoms. The van der Waals surface area contributed by atoms with Crippen molar-refractivity contribution in [3.8, 4) is 0 Å². The standard InChI is InChI=1S/C19H23N3OS/c1-15-3-2-4-17(13-15)21-19(24)20-14-16-5-7-18(8-6-16)22-9-11-23-12-10-22/h2-8,13H,9-12,14H2,1H3,(H2,20,21,24). The minimum absolute atomic E-state index is 0.637. The minimum atomic E-state index is 0.637. The van der Waals surface area contributed by atoms with Crippen molar-refractivity contribution in [2.45, 2.75) is 13.5 Å². The zero-order valence-corrected chi connectivity index (χ0v) is 14.7. The highest BCUT2D eigenvalue weighted by Gasteiger charge is 2.10. The summed E-state index contributed by atoms with van der Waals surface area (Å²) in [5, 5.41) is 7.10. The fourth-order valence-corrected chi connectivity index (χ4v) is 2.92. The number of nitrogens with zero attached hydrogens (tertiary/aromatic N) is 1. The van der Waals surface area contributed by atoms with E-state index in [-0.39, 0.29) is 0 Å². The van der Waals surface area contributed by atoms with Crippen molar-refractivity contribution in [1.82, 2.24) is 5.32 Å². The molecule has 1 saturated heterocycles. The Bertz CT molecular complexity index is 681. The molecular formula is C19H23N3OS. The molecule has 2 N–H and O–H groups in total. The maximum absolute atomic E-state index is 5.39. The average Bonchev–Trinajstić information content (AvgIpc) is 2.61. The predicted molar refractivity (Wildman–Crippen MR) is 104 cm³/mol. The molecule has 1 aliphatic heterocycles. The molecule has 3 rings (SSSR count). The molecule has 1 heterocycles. The van der Waals surface area contributed by atoms with Gasteiger partial charge in [-0.05, 0) is 54.5 Å². The van der Waals surface area contributed by atoms with E-state index >= 15 is 0 Å². The van der Waals surface area contributed by atoms with Gasteiger partial charge in [0.05, 0.1) is 13.2 Å². The number of aryl methyl sites for hydroxylation is 1. The summed E-state index contributed by atoms with van der Waals surface area (Å²) in [6.45, 7) is 6.31. The lowest BCUT2D eigenvalue weighted by molar-refractivity contribution is 0.122. The molecule has 0 saturated carbocycles. The molecule has 5 heteroatoms. The highest BCUT2D eigenvalue weighted by Crippen LogP contribution is 2.16. The topological polar surface area (TPSA) is 36.5 Å². The summed E-state index contributed by atoms with van der Waals surface area (Å²) in [5.74, 6) is 0. The van der Waals surface area contributed by atoms with Gasteiger partial charge in [0.1, 0.15) is 0 Å². The van der Waals surface area contributed by atoms with Crippen LogP contribution in [0.5, 0.6) is 0 Å². The monoisotopic (exact) mass is 341 g/mol. The molecule has 2 aromatic rings. The smallest absolute Gasteiger partial charge is 0.171 e. The molecular weight excluding hydrogens is 318 g/mol. The van der Waals surface area contributed by atoms with Crippen LogP contribution in [0.4, 0.5) is 11.4 Å². The van der Waals surface area contributed by atoms with Crippen molar-refractivity contribution < 1.29 is 4.74 Å². The Hall–Kier alpha value is -2.11. The molecule has 2 aromatic carbocycles. The van der Waals surface area contributed by atoms with Crippen LogP contribution in [0, 0.1) is 6.92 Å². The zero-order chi connectivity index (χ0) is 16.8. The Balaban J connectivity index is 1.50. The second-order valence-electron chi connectivity index (χ2n) is 5.94. The number of morpholine rings is 1. The van der Waals surface area contributed by atoms with E-state index < -0.39 is 0 Å². The summed E-state index contributed by atoms with van der Waals surface area (Å²) in [7, 11) is 0. The van der Waals surface area contributed by atoms with Gasteiger partial charge < -0.3 is 20.3 Å². The molecule has 24 heavy (non-hydrogen) atoms. The highest BCUT2D eigenvalue weighted by atomic mass is 32.1. The van der Waals surface area contributed by atoms with Gasteiger partial charge >= 0.3 is 0 Å². The maximum atomic E-state index is 5.39. The number of thiocarbonyl (C=S) groups is 1. The van der Waals surface area contributed by atoms with Crippen LogP contribution in [0.25, 0.3) is 0 Å². The Morgan fingerprint density at radius 3 is 2.58 bits per heavy atom. The average molecular weight is 341 g/mol. The fraction of sp³-hybridized carbons (Fsp3) is 0.316. The van der Waals surface area contributed by atoms with E-state index in [1.54, 1.807) is 0 Å². The summed E-state index contributed by atoms with van der Waals surface area (Å²) in [4.78, 5) is 2.35. The first-order valence-electron chi connectivity index (χ1n) is 8.24. The number of ether oxygens (including phenoxy) is 1. The quantitative estimate of drug-likeness (QED) is 0.835. The Labute approximate surface area is 148 Å². The lowest BCUT2D eigenvalue weighted by Gasteiger charge is -2.28. The summed E-state index contributed by atoms with van der Waals surface area (Å²) in [5.41, 5.74) is 4.68. The van der Waals surface area contributed by atoms with Gasteiger partial charge in [-0.3, -0.25) is 0 Å². The molecule has 1 fully saturated rings. The van der Waals surface area contributed by atoms with Crippen LogP contribution < -0.4 is 15.5 Å². The third-order valence-corrected chi connectivity index (χ3v) is 4.29. The van der Waals surface area contributed by atoms with E-state index in [4.69, 9.17) is 17.0 Å². The van der Waals surface area contributed by atoms with Gasteiger partial charge in [-0.15, -0.1) is 0 Å². The first kappa shape index (κ1) is 16.7. The largest absolute Gasteiger partial charge is 0.378 e. The predicted octanol–water partition coefficient (Wildman–Crippen LogP) is 3.32. The maximum Gasteiger partial charge on any atom is 0.171 e. The first-order chi connectivity index (χ1) is 11.7. The summed E-state index contributed by atoms with van der Waals surface area (Å²) in [6, 6.07) is 16.8. The normalized spacial score (nSPS) is 14.3. The van der Waals surface area contributed by atoms with Crippen LogP contribution in [0.3, 0.4) is 0 Å². The van der Waals surface area contributed by atoms with Crippen molar-refractivity contribution in [3.63, 3.8) is 0 Å². The highest BCUT2D eigenvalue weighted by molar-refractivity contribution is 7.80. The van der Waals surface area contributed by atoms with Crippen LogP contribution in [0.15, 0.2) is 48.5 Å². The van der Waals surface area contributed by atoms with Crippen LogP contribution in [0.1, 0.15) is 11.1 Å². The van der Waals surface area contributed by atoms with Crippen molar-refractivity contribution in [1.29, 1.82) is 0 Å². The lowest BCUT2D eigenvalue weighted by atomic mass is 10.2. The number of nitrogens with one attached hydrogen (secondary N) is 2. The first-order valence-corrected chi connectivity index (χ1v) is 8.65. The summed E-state index contributed by atoms with van der Waals surface area (Å²) < 4.78 is 5.39. The van der Waals surface area contributed by atoms with E-state index in [1.807, 2.05) is 12.1 Å². The van der Waals surface area contributed by atoms with Crippen molar-refractivity contribution in [2.24, 2.45) is 0 Å². The number of hydrogen-bond acceptors (Lipinski definition) is 3. The molecule has 0 unspecified atom stereocenters.